The molecule has 2 heterocycles. The first-order valence-corrected chi connectivity index (χ1v) is 5.76. The monoisotopic (exact) mass is 255 g/mol. The minimum Gasteiger partial charge on any atom is -0.480 e. The van der Waals surface area contributed by atoms with Gasteiger partial charge in [0.1, 0.15) is 17.7 Å². The highest BCUT2D eigenvalue weighted by Crippen LogP contribution is 2.40. The Morgan fingerprint density at radius 3 is 2.53 bits per heavy atom. The molecule has 1 aliphatic rings. The molecule has 1 fully saturated rings. The fraction of sp³-hybridized carbons (Fsp3) is 0.333. The molecule has 7 nitrogen and oxygen atoms in total. The lowest BCUT2D eigenvalue weighted by Crippen LogP contribution is -2.42. The summed E-state index contributed by atoms with van der Waals surface area (Å²) < 4.78 is 0. The molecule has 0 aliphatic carbocycles. The molecule has 1 saturated heterocycles. The van der Waals surface area contributed by atoms with Crippen LogP contribution >= 0.6 is 11.8 Å². The van der Waals surface area contributed by atoms with E-state index in [2.05, 4.69) is 9.97 Å². The van der Waals surface area contributed by atoms with Crippen molar-refractivity contribution >= 4 is 23.8 Å². The molecule has 90 valence electrons. The van der Waals surface area contributed by atoms with Gasteiger partial charge < -0.3 is 10.2 Å². The lowest BCUT2D eigenvalue weighted by atomic mass is 10.2. The Morgan fingerprint density at radius 2 is 2.00 bits per heavy atom. The third kappa shape index (κ3) is 2.16. The Bertz CT molecular complexity index is 441. The average Bonchev–Trinajstić information content (AvgIpc) is 2.74. The second-order valence-electron chi connectivity index (χ2n) is 3.40. The molecule has 0 saturated carbocycles. The summed E-state index contributed by atoms with van der Waals surface area (Å²) in [6, 6.07) is -1.03. The largest absolute Gasteiger partial charge is 0.480 e. The van der Waals surface area contributed by atoms with Crippen LogP contribution in [0.1, 0.15) is 10.9 Å². The minimum atomic E-state index is -1.25. The highest BCUT2D eigenvalue weighted by molar-refractivity contribution is 7.99. The number of carbonyl (C=O) groups is 2. The summed E-state index contributed by atoms with van der Waals surface area (Å²) in [6.07, 6.45) is 3.06. The van der Waals surface area contributed by atoms with Crippen LogP contribution in [-0.2, 0) is 4.79 Å². The van der Waals surface area contributed by atoms with Crippen LogP contribution in [0.2, 0.25) is 0 Å². The highest BCUT2D eigenvalue weighted by atomic mass is 32.2. The van der Waals surface area contributed by atoms with Gasteiger partial charge in [-0.1, -0.05) is 0 Å². The molecule has 0 aromatic carbocycles. The third-order valence-corrected chi connectivity index (χ3v) is 3.70. The van der Waals surface area contributed by atoms with Crippen molar-refractivity contribution < 1.29 is 19.8 Å². The molecule has 2 N–H and O–H groups in total. The third-order valence-electron chi connectivity index (χ3n) is 2.37. The maximum absolute atomic E-state index is 11.1. The Labute approximate surface area is 100 Å². The molecule has 8 heteroatoms. The fourth-order valence-electron chi connectivity index (χ4n) is 1.63. The highest BCUT2D eigenvalue weighted by Gasteiger charge is 2.42. The second kappa shape index (κ2) is 4.58. The van der Waals surface area contributed by atoms with Crippen LogP contribution in [0.5, 0.6) is 0 Å². The van der Waals surface area contributed by atoms with Gasteiger partial charge in [-0.25, -0.2) is 19.6 Å². The Morgan fingerprint density at radius 1 is 1.35 bits per heavy atom. The van der Waals surface area contributed by atoms with Crippen molar-refractivity contribution in [2.45, 2.75) is 11.4 Å². The molecule has 1 amide bonds. The van der Waals surface area contributed by atoms with E-state index in [9.17, 15) is 9.59 Å². The second-order valence-corrected chi connectivity index (χ2v) is 4.51. The molecule has 1 unspecified atom stereocenters. The first-order valence-electron chi connectivity index (χ1n) is 4.72. The van der Waals surface area contributed by atoms with Crippen molar-refractivity contribution in [1.29, 1.82) is 0 Å². The quantitative estimate of drug-likeness (QED) is 0.799. The van der Waals surface area contributed by atoms with Gasteiger partial charge in [0.2, 0.25) is 0 Å². The fourth-order valence-corrected chi connectivity index (χ4v) is 3.00. The van der Waals surface area contributed by atoms with Gasteiger partial charge in [-0.15, -0.1) is 11.8 Å². The lowest BCUT2D eigenvalue weighted by molar-refractivity contribution is -0.141. The summed E-state index contributed by atoms with van der Waals surface area (Å²) >= 11 is 1.25. The Balaban J connectivity index is 2.30. The number of carboxylic acids is 1. The van der Waals surface area contributed by atoms with Gasteiger partial charge in [-0.2, -0.15) is 0 Å². The van der Waals surface area contributed by atoms with Crippen molar-refractivity contribution in [3.05, 3.63) is 24.3 Å². The number of hydrogen-bond donors (Lipinski definition) is 2. The first-order chi connectivity index (χ1) is 8.11. The van der Waals surface area contributed by atoms with E-state index in [0.29, 0.717) is 5.56 Å². The van der Waals surface area contributed by atoms with Gasteiger partial charge in [0, 0.05) is 23.7 Å². The topological polar surface area (TPSA) is 104 Å². The van der Waals surface area contributed by atoms with E-state index in [-0.39, 0.29) is 5.75 Å². The van der Waals surface area contributed by atoms with Crippen molar-refractivity contribution in [2.75, 3.05) is 5.75 Å². The molecule has 1 aromatic rings. The van der Waals surface area contributed by atoms with E-state index in [1.165, 1.54) is 30.5 Å². The number of thioether (sulfide) groups is 1. The predicted molar refractivity (Wildman–Crippen MR) is 58.5 cm³/mol. The molecule has 1 aromatic heterocycles. The maximum atomic E-state index is 11.1. The van der Waals surface area contributed by atoms with Crippen molar-refractivity contribution in [1.82, 2.24) is 14.9 Å². The standard InChI is InChI=1S/C9H9N3O4S/c13-8(14)6-3-17-7(12(6)9(15)16)5-1-10-4-11-2-5/h1-2,4,6-7H,3H2,(H,13,14)(H,15,16)/t6?,7-/m1/s1. The zero-order valence-electron chi connectivity index (χ0n) is 8.55. The first kappa shape index (κ1) is 11.6. The summed E-state index contributed by atoms with van der Waals surface area (Å²) in [6.45, 7) is 0. The van der Waals surface area contributed by atoms with E-state index >= 15 is 0 Å². The number of hydrogen-bond acceptors (Lipinski definition) is 5. The Hall–Kier alpha value is -1.83. The van der Waals surface area contributed by atoms with E-state index in [0.717, 1.165) is 4.90 Å². The zero-order chi connectivity index (χ0) is 12.4. The lowest BCUT2D eigenvalue weighted by Gasteiger charge is -2.23. The van der Waals surface area contributed by atoms with Crippen LogP contribution in [0.3, 0.4) is 0 Å². The van der Waals surface area contributed by atoms with Gasteiger partial charge >= 0.3 is 12.1 Å². The van der Waals surface area contributed by atoms with Gasteiger partial charge in [-0.3, -0.25) is 4.90 Å². The maximum Gasteiger partial charge on any atom is 0.409 e. The van der Waals surface area contributed by atoms with Gasteiger partial charge in [-0.05, 0) is 0 Å². The number of rotatable bonds is 2. The smallest absolute Gasteiger partial charge is 0.409 e. The van der Waals surface area contributed by atoms with Crippen LogP contribution in [0.4, 0.5) is 4.79 Å². The van der Waals surface area contributed by atoms with E-state index in [1.54, 1.807) is 0 Å². The van der Waals surface area contributed by atoms with E-state index < -0.39 is 23.5 Å². The molecular weight excluding hydrogens is 246 g/mol. The van der Waals surface area contributed by atoms with E-state index in [1.807, 2.05) is 0 Å². The molecule has 0 radical (unpaired) electrons. The molecule has 2 atom stereocenters. The normalized spacial score (nSPS) is 23.6. The number of aromatic nitrogens is 2. The molecular formula is C9H9N3O4S. The summed E-state index contributed by atoms with van der Waals surface area (Å²) in [7, 11) is 0. The summed E-state index contributed by atoms with van der Waals surface area (Å²) in [5.41, 5.74) is 0.587. The van der Waals surface area contributed by atoms with Gasteiger partial charge in [0.05, 0.1) is 0 Å². The van der Waals surface area contributed by atoms with Crippen LogP contribution < -0.4 is 0 Å². The van der Waals surface area contributed by atoms with Crippen LogP contribution in [-0.4, -0.2) is 48.9 Å². The molecule has 0 bridgehead atoms. The van der Waals surface area contributed by atoms with Gasteiger partial charge in [0.25, 0.3) is 0 Å². The molecule has 17 heavy (non-hydrogen) atoms. The molecule has 2 rings (SSSR count). The van der Waals surface area contributed by atoms with Gasteiger partial charge in [0.15, 0.2) is 0 Å². The molecule has 0 spiro atoms. The summed E-state index contributed by atoms with van der Waals surface area (Å²) in [4.78, 5) is 30.6. The summed E-state index contributed by atoms with van der Waals surface area (Å²) in [5, 5.41) is 17.5. The van der Waals surface area contributed by atoms with Crippen LogP contribution in [0.15, 0.2) is 18.7 Å². The number of amides is 1. The zero-order valence-corrected chi connectivity index (χ0v) is 9.37. The summed E-state index contributed by atoms with van der Waals surface area (Å²) in [5.74, 6) is -0.916. The average molecular weight is 255 g/mol. The molecule has 1 aliphatic heterocycles. The number of carboxylic acid groups (broad SMARTS) is 2. The number of aliphatic carboxylic acids is 1. The van der Waals surface area contributed by atoms with Crippen molar-refractivity contribution in [3.63, 3.8) is 0 Å². The van der Waals surface area contributed by atoms with Crippen LogP contribution in [0.25, 0.3) is 0 Å². The Kier molecular flexibility index (Phi) is 3.14. The van der Waals surface area contributed by atoms with E-state index in [4.69, 9.17) is 10.2 Å². The van der Waals surface area contributed by atoms with Crippen LogP contribution in [0, 0.1) is 0 Å². The van der Waals surface area contributed by atoms with Crippen molar-refractivity contribution in [2.24, 2.45) is 0 Å². The van der Waals surface area contributed by atoms with Crippen molar-refractivity contribution in [3.8, 4) is 0 Å². The predicted octanol–water partition coefficient (Wildman–Crippen LogP) is 0.655. The SMILES string of the molecule is O=C(O)C1CS[C@H](c2cncnc2)N1C(=O)O. The number of nitrogens with zero attached hydrogens (tertiary/aromatic N) is 3. The minimum absolute atomic E-state index is 0.223.